The summed E-state index contributed by atoms with van der Waals surface area (Å²) in [6, 6.07) is 3.46. The Balaban J connectivity index is 2.11. The zero-order valence-electron chi connectivity index (χ0n) is 16.1. The smallest absolute Gasteiger partial charge is 0.253 e. The number of piperidine rings is 1. The number of carbonyl (C=O) groups is 2. The second kappa shape index (κ2) is 6.74. The van der Waals surface area contributed by atoms with Gasteiger partial charge in [-0.2, -0.15) is 0 Å². The molecule has 2 amide bonds. The maximum absolute atomic E-state index is 15.4. The van der Waals surface area contributed by atoms with Crippen LogP contribution < -0.4 is 0 Å². The fourth-order valence-corrected chi connectivity index (χ4v) is 4.12. The molecule has 0 aliphatic carbocycles. The van der Waals surface area contributed by atoms with Crippen molar-refractivity contribution in [2.75, 3.05) is 27.2 Å². The van der Waals surface area contributed by atoms with Gasteiger partial charge < -0.3 is 14.4 Å². The van der Waals surface area contributed by atoms with Crippen LogP contribution in [-0.4, -0.2) is 53.4 Å². The molecule has 5 nitrogen and oxygen atoms in total. The summed E-state index contributed by atoms with van der Waals surface area (Å²) in [6.07, 6.45) is 1.72. The van der Waals surface area contributed by atoms with Gasteiger partial charge >= 0.3 is 0 Å². The third kappa shape index (κ3) is 2.97. The van der Waals surface area contributed by atoms with Crippen LogP contribution in [0.15, 0.2) is 12.1 Å². The molecule has 1 unspecified atom stereocenters. The van der Waals surface area contributed by atoms with Crippen LogP contribution in [0.1, 0.15) is 47.3 Å². The lowest BCUT2D eigenvalue weighted by atomic mass is 9.94. The van der Waals surface area contributed by atoms with Crippen molar-refractivity contribution in [1.29, 1.82) is 0 Å². The quantitative estimate of drug-likeness (QED) is 0.827. The van der Waals surface area contributed by atoms with Gasteiger partial charge in [0.1, 0.15) is 0 Å². The molecule has 1 atom stereocenters. The summed E-state index contributed by atoms with van der Waals surface area (Å²) in [4.78, 5) is 27.3. The number of benzene rings is 1. The maximum Gasteiger partial charge on any atom is 0.253 e. The second-order valence-electron chi connectivity index (χ2n) is 7.45. The molecular formula is C20H26FN3O2. The number of aryl methyl sites for hydroxylation is 2. The Morgan fingerprint density at radius 1 is 1.27 bits per heavy atom. The number of fused-ring (bicyclic) bond motifs is 1. The summed E-state index contributed by atoms with van der Waals surface area (Å²) >= 11 is 0. The summed E-state index contributed by atoms with van der Waals surface area (Å²) in [7, 11) is 5.24. The number of amides is 2. The average Bonchev–Trinajstić information content (AvgIpc) is 2.85. The van der Waals surface area contributed by atoms with Gasteiger partial charge in [-0.25, -0.2) is 4.39 Å². The largest absolute Gasteiger partial charge is 0.345 e. The van der Waals surface area contributed by atoms with E-state index in [1.807, 2.05) is 24.6 Å². The monoisotopic (exact) mass is 359 g/mol. The molecule has 0 N–H and O–H groups in total. The molecule has 3 rings (SSSR count). The number of likely N-dealkylation sites (tertiary alicyclic amines) is 1. The first-order chi connectivity index (χ1) is 12.2. The summed E-state index contributed by atoms with van der Waals surface area (Å²) in [6.45, 7) is 4.74. The lowest BCUT2D eigenvalue weighted by Gasteiger charge is -2.32. The van der Waals surface area contributed by atoms with Gasteiger partial charge in [0.05, 0.1) is 11.2 Å². The molecule has 26 heavy (non-hydrogen) atoms. The van der Waals surface area contributed by atoms with Gasteiger partial charge in [-0.1, -0.05) is 0 Å². The number of halogens is 1. The minimum Gasteiger partial charge on any atom is -0.345 e. The van der Waals surface area contributed by atoms with Crippen LogP contribution in [0.25, 0.3) is 10.9 Å². The normalized spacial score (nSPS) is 17.6. The minimum atomic E-state index is -0.269. The standard InChI is InChI=1S/C20H26FN3O2/c1-12-9-15(20(26)22(3)4)10-16-17(21)19(23(5)18(12)16)14-7-6-8-24(11-14)13(2)25/h9-10,14H,6-8,11H2,1-5H3. The van der Waals surface area contributed by atoms with Crippen molar-refractivity contribution in [3.8, 4) is 0 Å². The van der Waals surface area contributed by atoms with E-state index < -0.39 is 0 Å². The number of hydrogen-bond donors (Lipinski definition) is 0. The van der Waals surface area contributed by atoms with E-state index in [0.29, 0.717) is 23.2 Å². The van der Waals surface area contributed by atoms with Crippen LogP contribution in [0.3, 0.4) is 0 Å². The van der Waals surface area contributed by atoms with Crippen molar-refractivity contribution in [3.63, 3.8) is 0 Å². The fraction of sp³-hybridized carbons (Fsp3) is 0.500. The first-order valence-corrected chi connectivity index (χ1v) is 8.98. The Kier molecular flexibility index (Phi) is 4.78. The van der Waals surface area contributed by atoms with Crippen LogP contribution in [0.4, 0.5) is 4.39 Å². The third-order valence-corrected chi connectivity index (χ3v) is 5.37. The van der Waals surface area contributed by atoms with E-state index in [1.54, 1.807) is 32.0 Å². The lowest BCUT2D eigenvalue weighted by Crippen LogP contribution is -2.38. The van der Waals surface area contributed by atoms with E-state index in [-0.39, 0.29) is 23.5 Å². The SMILES string of the molecule is CC(=O)N1CCCC(c2c(F)c3cc(C(=O)N(C)C)cc(C)c3n2C)C1. The van der Waals surface area contributed by atoms with Gasteiger partial charge in [0, 0.05) is 58.0 Å². The van der Waals surface area contributed by atoms with Gasteiger partial charge in [0.15, 0.2) is 5.82 Å². The Bertz CT molecular complexity index is 885. The molecule has 1 aromatic heterocycles. The number of nitrogens with zero attached hydrogens (tertiary/aromatic N) is 3. The number of rotatable bonds is 2. The summed E-state index contributed by atoms with van der Waals surface area (Å²) in [5.74, 6) is -0.406. The highest BCUT2D eigenvalue weighted by molar-refractivity contribution is 5.99. The predicted octanol–water partition coefficient (Wildman–Crippen LogP) is 3.05. The second-order valence-corrected chi connectivity index (χ2v) is 7.45. The van der Waals surface area contributed by atoms with Crippen molar-refractivity contribution in [2.24, 2.45) is 7.05 Å². The molecule has 6 heteroatoms. The van der Waals surface area contributed by atoms with Crippen molar-refractivity contribution in [1.82, 2.24) is 14.4 Å². The first kappa shape index (κ1) is 18.4. The molecule has 0 radical (unpaired) electrons. The highest BCUT2D eigenvalue weighted by Gasteiger charge is 2.29. The number of hydrogen-bond acceptors (Lipinski definition) is 2. The molecule has 2 aromatic rings. The topological polar surface area (TPSA) is 45.6 Å². The Morgan fingerprint density at radius 3 is 2.58 bits per heavy atom. The molecule has 0 bridgehead atoms. The van der Waals surface area contributed by atoms with Crippen LogP contribution >= 0.6 is 0 Å². The van der Waals surface area contributed by atoms with Crippen LogP contribution in [-0.2, 0) is 11.8 Å². The molecule has 0 saturated carbocycles. The van der Waals surface area contributed by atoms with Crippen LogP contribution in [0, 0.1) is 12.7 Å². The Hall–Kier alpha value is -2.37. The van der Waals surface area contributed by atoms with E-state index in [0.717, 1.165) is 30.5 Å². The van der Waals surface area contributed by atoms with Crippen molar-refractivity contribution < 1.29 is 14.0 Å². The summed E-state index contributed by atoms with van der Waals surface area (Å²) in [5, 5.41) is 0.479. The van der Waals surface area contributed by atoms with E-state index >= 15 is 4.39 Å². The van der Waals surface area contributed by atoms with Gasteiger partial charge in [0.2, 0.25) is 5.91 Å². The Labute approximate surface area is 153 Å². The van der Waals surface area contributed by atoms with E-state index in [1.165, 1.54) is 4.90 Å². The molecule has 140 valence electrons. The van der Waals surface area contributed by atoms with E-state index in [9.17, 15) is 9.59 Å². The van der Waals surface area contributed by atoms with Gasteiger partial charge in [-0.05, 0) is 37.5 Å². The van der Waals surface area contributed by atoms with Gasteiger partial charge in [-0.3, -0.25) is 9.59 Å². The predicted molar refractivity (Wildman–Crippen MR) is 99.9 cm³/mol. The summed E-state index contributed by atoms with van der Waals surface area (Å²) in [5.41, 5.74) is 2.81. The zero-order valence-corrected chi connectivity index (χ0v) is 16.1. The van der Waals surface area contributed by atoms with E-state index in [4.69, 9.17) is 0 Å². The molecule has 1 fully saturated rings. The van der Waals surface area contributed by atoms with Crippen molar-refractivity contribution in [2.45, 2.75) is 32.6 Å². The molecule has 1 aliphatic rings. The summed E-state index contributed by atoms with van der Waals surface area (Å²) < 4.78 is 17.3. The molecule has 1 aliphatic heterocycles. The highest BCUT2D eigenvalue weighted by Crippen LogP contribution is 2.36. The first-order valence-electron chi connectivity index (χ1n) is 8.98. The minimum absolute atomic E-state index is 0.0301. The van der Waals surface area contributed by atoms with Crippen LogP contribution in [0.5, 0.6) is 0 Å². The molecule has 1 aromatic carbocycles. The average molecular weight is 359 g/mol. The highest BCUT2D eigenvalue weighted by atomic mass is 19.1. The van der Waals surface area contributed by atoms with Gasteiger partial charge in [-0.15, -0.1) is 0 Å². The molecule has 1 saturated heterocycles. The number of aromatic nitrogens is 1. The van der Waals surface area contributed by atoms with Gasteiger partial charge in [0.25, 0.3) is 5.91 Å². The lowest BCUT2D eigenvalue weighted by molar-refractivity contribution is -0.130. The zero-order chi connectivity index (χ0) is 19.2. The maximum atomic E-state index is 15.4. The van der Waals surface area contributed by atoms with Crippen molar-refractivity contribution >= 4 is 22.7 Å². The Morgan fingerprint density at radius 2 is 1.96 bits per heavy atom. The van der Waals surface area contributed by atoms with Crippen molar-refractivity contribution in [3.05, 3.63) is 34.8 Å². The third-order valence-electron chi connectivity index (χ3n) is 5.37. The van der Waals surface area contributed by atoms with E-state index in [2.05, 4.69) is 0 Å². The molecular weight excluding hydrogens is 333 g/mol. The van der Waals surface area contributed by atoms with Crippen LogP contribution in [0.2, 0.25) is 0 Å². The molecule has 0 spiro atoms. The fourth-order valence-electron chi connectivity index (χ4n) is 4.12. The number of carbonyl (C=O) groups excluding carboxylic acids is 2. The molecule has 2 heterocycles.